The Morgan fingerprint density at radius 1 is 0.881 bits per heavy atom. The summed E-state index contributed by atoms with van der Waals surface area (Å²) in [5, 5.41) is 4.61. The molecule has 4 aromatic rings. The van der Waals surface area contributed by atoms with E-state index < -0.39 is 0 Å². The highest BCUT2D eigenvalue weighted by atomic mass is 35.5. The Morgan fingerprint density at radius 2 is 1.50 bits per heavy atom. The second-order valence-corrected chi connectivity index (χ2v) is 12.0. The van der Waals surface area contributed by atoms with E-state index in [0.717, 1.165) is 35.2 Å². The third-order valence-corrected chi connectivity index (χ3v) is 8.25. The molecule has 1 aliphatic heterocycles. The summed E-state index contributed by atoms with van der Waals surface area (Å²) in [5.41, 5.74) is 4.03. The van der Waals surface area contributed by atoms with E-state index in [4.69, 9.17) is 32.7 Å². The third-order valence-electron chi connectivity index (χ3n) is 7.50. The molecule has 0 atom stereocenters. The van der Waals surface area contributed by atoms with Crippen LogP contribution in [-0.2, 0) is 4.79 Å². The monoisotopic (exact) mass is 608 g/mol. The van der Waals surface area contributed by atoms with Crippen molar-refractivity contribution in [3.8, 4) is 22.6 Å². The predicted octanol–water partition coefficient (Wildman–Crippen LogP) is 7.11. The van der Waals surface area contributed by atoms with Gasteiger partial charge < -0.3 is 29.6 Å². The molecule has 1 saturated heterocycles. The van der Waals surface area contributed by atoms with Crippen LogP contribution in [0.4, 0.5) is 11.4 Å². The lowest BCUT2D eigenvalue weighted by Crippen LogP contribution is -2.51. The van der Waals surface area contributed by atoms with Crippen molar-refractivity contribution in [1.29, 1.82) is 0 Å². The zero-order valence-electron chi connectivity index (χ0n) is 24.3. The Morgan fingerprint density at radius 3 is 2.07 bits per heavy atom. The Balaban J connectivity index is 1.29. The zero-order chi connectivity index (χ0) is 30.2. The average molecular weight is 610 g/mol. The largest absolute Gasteiger partial charge is 0.495 e. The number of fused-ring (bicyclic) bond motifs is 1. The lowest BCUT2D eigenvalue weighted by molar-refractivity contribution is -0.139. The Kier molecular flexibility index (Phi) is 8.30. The maximum Gasteiger partial charge on any atom is 0.255 e. The van der Waals surface area contributed by atoms with Gasteiger partial charge in [-0.3, -0.25) is 9.59 Å². The maximum atomic E-state index is 13.1. The van der Waals surface area contributed by atoms with Crippen LogP contribution in [-0.4, -0.2) is 62.1 Å². The normalized spacial score (nSPS) is 13.8. The Bertz CT molecular complexity index is 1610. The summed E-state index contributed by atoms with van der Waals surface area (Å²) in [5.74, 6) is 0.874. The van der Waals surface area contributed by atoms with Gasteiger partial charge in [0.25, 0.3) is 5.91 Å². The fourth-order valence-corrected chi connectivity index (χ4v) is 5.90. The van der Waals surface area contributed by atoms with E-state index in [2.05, 4.69) is 15.2 Å². The lowest BCUT2D eigenvalue weighted by Gasteiger charge is -2.38. The molecule has 2 heterocycles. The molecular formula is C32H34Cl2N4O4. The van der Waals surface area contributed by atoms with Gasteiger partial charge in [-0.15, -0.1) is 0 Å². The van der Waals surface area contributed by atoms with Gasteiger partial charge in [-0.05, 0) is 35.9 Å². The third kappa shape index (κ3) is 5.74. The molecule has 0 unspecified atom stereocenters. The second kappa shape index (κ2) is 11.8. The molecule has 1 fully saturated rings. The van der Waals surface area contributed by atoms with Gasteiger partial charge in [0.1, 0.15) is 11.5 Å². The van der Waals surface area contributed by atoms with Gasteiger partial charge in [-0.25, -0.2) is 0 Å². The minimum absolute atomic E-state index is 0.177. The number of methoxy groups -OCH3 is 2. The highest BCUT2D eigenvalue weighted by molar-refractivity contribution is 6.41. The second-order valence-electron chi connectivity index (χ2n) is 11.3. The minimum Gasteiger partial charge on any atom is -0.495 e. The van der Waals surface area contributed by atoms with Crippen LogP contribution in [0.25, 0.3) is 22.0 Å². The fourth-order valence-electron chi connectivity index (χ4n) is 5.18. The van der Waals surface area contributed by atoms with E-state index in [1.54, 1.807) is 12.3 Å². The number of nitrogens with one attached hydrogen (secondary N) is 2. The summed E-state index contributed by atoms with van der Waals surface area (Å²) >= 11 is 13.2. The minimum atomic E-state index is -0.379. The maximum absolute atomic E-state index is 13.1. The summed E-state index contributed by atoms with van der Waals surface area (Å²) in [6.45, 7) is 8.73. The highest BCUT2D eigenvalue weighted by Gasteiger charge is 2.29. The van der Waals surface area contributed by atoms with Gasteiger partial charge in [-0.1, -0.05) is 56.1 Å². The van der Waals surface area contributed by atoms with Gasteiger partial charge >= 0.3 is 0 Å². The molecule has 10 heteroatoms. The molecule has 220 valence electrons. The summed E-state index contributed by atoms with van der Waals surface area (Å²) in [6.07, 6.45) is 1.76. The van der Waals surface area contributed by atoms with Crippen molar-refractivity contribution in [2.24, 2.45) is 5.41 Å². The highest BCUT2D eigenvalue weighted by Crippen LogP contribution is 2.46. The first kappa shape index (κ1) is 29.6. The number of hydrogen-bond acceptors (Lipinski definition) is 5. The lowest BCUT2D eigenvalue weighted by atomic mass is 9.94. The van der Waals surface area contributed by atoms with E-state index >= 15 is 0 Å². The molecule has 42 heavy (non-hydrogen) atoms. The Labute approximate surface area is 255 Å². The molecule has 2 N–H and O–H groups in total. The number of nitrogens with zero attached hydrogens (tertiary/aromatic N) is 2. The fraction of sp³-hybridized carbons (Fsp3) is 0.312. The number of carbonyl (C=O) groups excluding carboxylic acids is 2. The van der Waals surface area contributed by atoms with Crippen molar-refractivity contribution in [2.45, 2.75) is 20.8 Å². The van der Waals surface area contributed by atoms with Gasteiger partial charge in [0.15, 0.2) is 0 Å². The molecule has 2 amide bonds. The van der Waals surface area contributed by atoms with Gasteiger partial charge in [0, 0.05) is 71.6 Å². The number of rotatable bonds is 6. The van der Waals surface area contributed by atoms with E-state index in [1.165, 1.54) is 14.2 Å². The number of benzene rings is 3. The van der Waals surface area contributed by atoms with Crippen LogP contribution in [0.3, 0.4) is 0 Å². The quantitative estimate of drug-likeness (QED) is 0.244. The molecule has 0 bridgehead atoms. The smallest absolute Gasteiger partial charge is 0.255 e. The predicted molar refractivity (Wildman–Crippen MR) is 170 cm³/mol. The van der Waals surface area contributed by atoms with Crippen molar-refractivity contribution < 1.29 is 19.1 Å². The van der Waals surface area contributed by atoms with Crippen LogP contribution in [0, 0.1) is 5.41 Å². The number of H-pyrrole nitrogens is 1. The number of aromatic amines is 1. The van der Waals surface area contributed by atoms with E-state index in [9.17, 15) is 9.59 Å². The molecule has 0 aliphatic carbocycles. The summed E-state index contributed by atoms with van der Waals surface area (Å²) in [7, 11) is 3.07. The van der Waals surface area contributed by atoms with Crippen molar-refractivity contribution in [1.82, 2.24) is 9.88 Å². The number of halogens is 2. The first-order valence-electron chi connectivity index (χ1n) is 13.7. The number of carbonyl (C=O) groups is 2. The molecule has 5 rings (SSSR count). The first-order valence-corrected chi connectivity index (χ1v) is 14.4. The van der Waals surface area contributed by atoms with E-state index in [-0.39, 0.29) is 17.2 Å². The van der Waals surface area contributed by atoms with Gasteiger partial charge in [-0.2, -0.15) is 0 Å². The van der Waals surface area contributed by atoms with Crippen LogP contribution in [0.2, 0.25) is 10.0 Å². The number of ether oxygens (including phenoxy) is 2. The van der Waals surface area contributed by atoms with Crippen LogP contribution in [0.1, 0.15) is 31.1 Å². The SMILES string of the molecule is COc1cc(OC)c(Cl)c(-c2ccc3c(NC(=O)c4ccc(N5CCN(C(=O)C(C)(C)C)CC5)cc4)c[nH]c3c2)c1Cl. The zero-order valence-corrected chi connectivity index (χ0v) is 25.8. The first-order chi connectivity index (χ1) is 20.0. The number of hydrogen-bond donors (Lipinski definition) is 2. The van der Waals surface area contributed by atoms with Crippen LogP contribution >= 0.6 is 23.2 Å². The molecular weight excluding hydrogens is 575 g/mol. The number of amides is 2. The van der Waals surface area contributed by atoms with Crippen LogP contribution < -0.4 is 19.7 Å². The average Bonchev–Trinajstić information content (AvgIpc) is 3.38. The van der Waals surface area contributed by atoms with Crippen LogP contribution in [0.15, 0.2) is 54.7 Å². The number of anilines is 2. The molecule has 1 aromatic heterocycles. The molecule has 1 aliphatic rings. The standard InChI is InChI=1S/C32H34Cl2N4O4/c1-32(2,3)31(40)38-14-12-37(13-15-38)21-9-6-19(7-10-21)30(39)36-24-18-35-23-16-20(8-11-22(23)24)27-28(33)25(41-4)17-26(42-5)29(27)34/h6-11,16-18,35H,12-15H2,1-5H3,(H,36,39). The molecule has 0 radical (unpaired) electrons. The molecule has 3 aromatic carbocycles. The van der Waals surface area contributed by atoms with Crippen LogP contribution in [0.5, 0.6) is 11.5 Å². The number of aromatic nitrogens is 1. The van der Waals surface area contributed by atoms with Crippen molar-refractivity contribution >= 4 is 57.3 Å². The molecule has 0 spiro atoms. The number of piperazine rings is 1. The molecule has 8 nitrogen and oxygen atoms in total. The van der Waals surface area contributed by atoms with E-state index in [1.807, 2.05) is 68.1 Å². The topological polar surface area (TPSA) is 86.9 Å². The summed E-state index contributed by atoms with van der Waals surface area (Å²) < 4.78 is 10.8. The van der Waals surface area contributed by atoms with Gasteiger partial charge in [0.2, 0.25) is 5.91 Å². The van der Waals surface area contributed by atoms with Crippen molar-refractivity contribution in [3.63, 3.8) is 0 Å². The summed E-state index contributed by atoms with van der Waals surface area (Å²) in [6, 6.07) is 14.9. The van der Waals surface area contributed by atoms with Gasteiger partial charge in [0.05, 0.1) is 30.0 Å². The molecule has 0 saturated carbocycles. The van der Waals surface area contributed by atoms with Crippen molar-refractivity contribution in [2.75, 3.05) is 50.6 Å². The van der Waals surface area contributed by atoms with Crippen molar-refractivity contribution in [3.05, 3.63) is 70.3 Å². The Hall–Kier alpha value is -3.88. The van der Waals surface area contributed by atoms with E-state index in [0.29, 0.717) is 51.4 Å². The summed E-state index contributed by atoms with van der Waals surface area (Å²) in [4.78, 5) is 33.1.